The summed E-state index contributed by atoms with van der Waals surface area (Å²) in [4.78, 5) is 0. The van der Waals surface area contributed by atoms with E-state index >= 15 is 4.39 Å². The Morgan fingerprint density at radius 3 is 1.47 bits per heavy atom. The molecule has 7 rings (SSSR count). The summed E-state index contributed by atoms with van der Waals surface area (Å²) in [5.74, 6) is 5.80. The Morgan fingerprint density at radius 2 is 0.889 bits per heavy atom. The maximum absolute atomic E-state index is 15.4. The van der Waals surface area contributed by atoms with Crippen LogP contribution in [-0.2, 0) is 0 Å². The van der Waals surface area contributed by atoms with Crippen molar-refractivity contribution < 1.29 is 8.78 Å². The van der Waals surface area contributed by atoms with Crippen LogP contribution in [0.15, 0.2) is 127 Å². The molecule has 0 fully saturated rings. The maximum atomic E-state index is 15.4. The first-order valence-electron chi connectivity index (χ1n) is 15.0. The molecule has 216 valence electrons. The highest BCUT2D eigenvalue weighted by atomic mass is 19.1. The van der Waals surface area contributed by atoms with E-state index in [2.05, 4.69) is 60.4 Å². The average molecular weight is 585 g/mol. The highest BCUT2D eigenvalue weighted by Crippen LogP contribution is 2.33. The van der Waals surface area contributed by atoms with Gasteiger partial charge in [-0.1, -0.05) is 90.2 Å². The van der Waals surface area contributed by atoms with Crippen LogP contribution in [0.3, 0.4) is 0 Å². The molecule has 0 atom stereocenters. The van der Waals surface area contributed by atoms with Gasteiger partial charge >= 0.3 is 0 Å². The topological polar surface area (TPSA) is 0 Å². The average Bonchev–Trinajstić information content (AvgIpc) is 3.05. The molecule has 0 unspecified atom stereocenters. The molecule has 45 heavy (non-hydrogen) atoms. The summed E-state index contributed by atoms with van der Waals surface area (Å²) < 4.78 is 30.0. The van der Waals surface area contributed by atoms with Crippen LogP contribution in [0.5, 0.6) is 0 Å². The Morgan fingerprint density at radius 1 is 0.400 bits per heavy atom. The summed E-state index contributed by atoms with van der Waals surface area (Å²) in [6.07, 6.45) is 0. The smallest absolute Gasteiger partial charge is 0.132 e. The van der Waals surface area contributed by atoms with E-state index < -0.39 is 0 Å². The first-order valence-corrected chi connectivity index (χ1v) is 15.0. The summed E-state index contributed by atoms with van der Waals surface area (Å²) in [5, 5.41) is 4.28. The summed E-state index contributed by atoms with van der Waals surface area (Å²) >= 11 is 0. The van der Waals surface area contributed by atoms with E-state index in [9.17, 15) is 4.39 Å². The van der Waals surface area contributed by atoms with Crippen LogP contribution >= 0.6 is 0 Å². The molecule has 0 aliphatic heterocycles. The van der Waals surface area contributed by atoms with Crippen LogP contribution in [0.1, 0.15) is 27.8 Å². The van der Waals surface area contributed by atoms with Gasteiger partial charge in [0.1, 0.15) is 11.6 Å². The molecule has 2 heteroatoms. The number of benzene rings is 7. The second kappa shape index (κ2) is 11.5. The van der Waals surface area contributed by atoms with Crippen LogP contribution in [-0.4, -0.2) is 0 Å². The molecule has 0 bridgehead atoms. The van der Waals surface area contributed by atoms with Gasteiger partial charge in [-0.25, -0.2) is 8.78 Å². The van der Waals surface area contributed by atoms with Crippen molar-refractivity contribution in [3.63, 3.8) is 0 Å². The normalized spacial score (nSPS) is 11.0. The minimum absolute atomic E-state index is 0.205. The molecule has 0 nitrogen and oxygen atoms in total. The zero-order valence-corrected chi connectivity index (χ0v) is 25.4. The molecular formula is C43H30F2. The van der Waals surface area contributed by atoms with E-state index in [1.54, 1.807) is 12.1 Å². The number of halogens is 2. The van der Waals surface area contributed by atoms with E-state index in [4.69, 9.17) is 0 Å². The van der Waals surface area contributed by atoms with Crippen LogP contribution in [0, 0.1) is 44.2 Å². The van der Waals surface area contributed by atoms with Gasteiger partial charge in [-0.15, -0.1) is 0 Å². The van der Waals surface area contributed by atoms with Crippen LogP contribution in [0.25, 0.3) is 54.9 Å². The van der Waals surface area contributed by atoms with Gasteiger partial charge in [0.2, 0.25) is 0 Å². The molecule has 0 aromatic heterocycles. The van der Waals surface area contributed by atoms with Crippen molar-refractivity contribution in [2.75, 3.05) is 0 Å². The third kappa shape index (κ3) is 5.74. The first-order chi connectivity index (χ1) is 21.8. The van der Waals surface area contributed by atoms with E-state index in [0.29, 0.717) is 16.7 Å². The predicted molar refractivity (Wildman–Crippen MR) is 184 cm³/mol. The van der Waals surface area contributed by atoms with Gasteiger partial charge in [0.25, 0.3) is 0 Å². The minimum atomic E-state index is -0.283. The van der Waals surface area contributed by atoms with E-state index in [1.807, 2.05) is 87.5 Å². The van der Waals surface area contributed by atoms with Gasteiger partial charge in [-0.05, 0) is 130 Å². The Balaban J connectivity index is 1.16. The minimum Gasteiger partial charge on any atom is -0.206 e. The van der Waals surface area contributed by atoms with Gasteiger partial charge in [0.15, 0.2) is 0 Å². The molecule has 0 aliphatic rings. The Hall–Kier alpha value is -5.52. The molecule has 0 radical (unpaired) electrons. The van der Waals surface area contributed by atoms with E-state index in [1.165, 1.54) is 5.56 Å². The Kier molecular flexibility index (Phi) is 7.24. The van der Waals surface area contributed by atoms with Crippen molar-refractivity contribution >= 4 is 21.5 Å². The maximum Gasteiger partial charge on any atom is 0.132 e. The van der Waals surface area contributed by atoms with Crippen LogP contribution in [0.2, 0.25) is 0 Å². The molecule has 0 aliphatic carbocycles. The molecule has 0 N–H and O–H groups in total. The zero-order valence-electron chi connectivity index (χ0n) is 25.4. The van der Waals surface area contributed by atoms with Crippen molar-refractivity contribution in [3.8, 4) is 45.2 Å². The summed E-state index contributed by atoms with van der Waals surface area (Å²) in [7, 11) is 0. The SMILES string of the molecule is Cc1ccc(C#Cc2cc(F)c(-c3ccc4cc(-c5ccc6cc(-c7ccc(C)cc7F)ccc6c5)ccc4c3)cc2C)cc1. The number of aryl methyl sites for hydroxylation is 3. The van der Waals surface area contributed by atoms with Crippen molar-refractivity contribution in [1.29, 1.82) is 0 Å². The molecule has 0 amide bonds. The van der Waals surface area contributed by atoms with Gasteiger partial charge in [0.05, 0.1) is 0 Å². The number of hydrogen-bond acceptors (Lipinski definition) is 0. The third-order valence-electron chi connectivity index (χ3n) is 8.47. The Labute approximate surface area is 262 Å². The van der Waals surface area contributed by atoms with E-state index in [0.717, 1.165) is 60.5 Å². The molecular weight excluding hydrogens is 554 g/mol. The molecule has 0 spiro atoms. The van der Waals surface area contributed by atoms with Crippen molar-refractivity contribution in [1.82, 2.24) is 0 Å². The lowest BCUT2D eigenvalue weighted by atomic mass is 9.94. The lowest BCUT2D eigenvalue weighted by Crippen LogP contribution is -1.91. The lowest BCUT2D eigenvalue weighted by molar-refractivity contribution is 0.630. The molecule has 7 aromatic carbocycles. The number of fused-ring (bicyclic) bond motifs is 2. The fourth-order valence-corrected chi connectivity index (χ4v) is 5.85. The standard InChI is InChI=1S/C43H30F2/c1-27-4-7-30(8-5-27)9-10-31-26-43(45)41(21-29(31)3)39-18-16-35-23-33(12-14-37(35)25-39)32-11-13-36-24-38(17-15-34(36)22-32)40-19-6-28(2)20-42(40)44/h4-8,11-26H,1-3H3. The quantitative estimate of drug-likeness (QED) is 0.181. The second-order valence-electron chi connectivity index (χ2n) is 11.8. The number of hydrogen-bond donors (Lipinski definition) is 0. The fourth-order valence-electron chi connectivity index (χ4n) is 5.85. The zero-order chi connectivity index (χ0) is 31.1. The van der Waals surface area contributed by atoms with Gasteiger partial charge in [0, 0.05) is 22.3 Å². The van der Waals surface area contributed by atoms with Gasteiger partial charge in [-0.2, -0.15) is 0 Å². The molecule has 0 saturated heterocycles. The molecule has 0 saturated carbocycles. The first kappa shape index (κ1) is 28.3. The van der Waals surface area contributed by atoms with Crippen molar-refractivity contribution in [3.05, 3.63) is 167 Å². The molecule has 7 aromatic rings. The van der Waals surface area contributed by atoms with Crippen molar-refractivity contribution in [2.45, 2.75) is 20.8 Å². The summed E-state index contributed by atoms with van der Waals surface area (Å²) in [6, 6.07) is 41.7. The fraction of sp³-hybridized carbons (Fsp3) is 0.0698. The second-order valence-corrected chi connectivity index (χ2v) is 11.8. The summed E-state index contributed by atoms with van der Waals surface area (Å²) in [6.45, 7) is 5.91. The van der Waals surface area contributed by atoms with Gasteiger partial charge < -0.3 is 0 Å². The highest BCUT2D eigenvalue weighted by molar-refractivity contribution is 5.94. The van der Waals surface area contributed by atoms with Crippen molar-refractivity contribution in [2.24, 2.45) is 0 Å². The lowest BCUT2D eigenvalue weighted by Gasteiger charge is -2.11. The Bertz CT molecular complexity index is 2310. The molecule has 0 heterocycles. The van der Waals surface area contributed by atoms with Crippen LogP contribution in [0.4, 0.5) is 8.78 Å². The van der Waals surface area contributed by atoms with Gasteiger partial charge in [-0.3, -0.25) is 0 Å². The largest absolute Gasteiger partial charge is 0.206 e. The van der Waals surface area contributed by atoms with E-state index in [-0.39, 0.29) is 11.6 Å². The summed E-state index contributed by atoms with van der Waals surface area (Å²) in [5.41, 5.74) is 9.71. The third-order valence-corrected chi connectivity index (χ3v) is 8.47. The highest BCUT2D eigenvalue weighted by Gasteiger charge is 2.11. The monoisotopic (exact) mass is 584 g/mol. The van der Waals surface area contributed by atoms with Crippen LogP contribution < -0.4 is 0 Å². The number of rotatable bonds is 3. The predicted octanol–water partition coefficient (Wildman–Crippen LogP) is 11.6.